The van der Waals surface area contributed by atoms with Crippen LogP contribution in [0.1, 0.15) is 0 Å². The molecule has 2 nitrogen and oxygen atoms in total. The van der Waals surface area contributed by atoms with E-state index in [1.807, 2.05) is 18.2 Å². The molecule has 1 aromatic heterocycles. The van der Waals surface area contributed by atoms with Gasteiger partial charge in [-0.2, -0.15) is 0 Å². The van der Waals surface area contributed by atoms with Crippen LogP contribution in [0.4, 0.5) is 0 Å². The van der Waals surface area contributed by atoms with Gasteiger partial charge in [0, 0.05) is 16.7 Å². The Morgan fingerprint density at radius 2 is 0.820 bits per heavy atom. The maximum Gasteiger partial charge on any atom is 0.160 e. The van der Waals surface area contributed by atoms with Gasteiger partial charge in [-0.25, -0.2) is 9.97 Å². The van der Waals surface area contributed by atoms with Crippen LogP contribution >= 0.6 is 0 Å². The average molecular weight is 635 g/mol. The van der Waals surface area contributed by atoms with Crippen LogP contribution < -0.4 is 0 Å². The zero-order chi connectivity index (χ0) is 33.0. The number of benzene rings is 8. The highest BCUT2D eigenvalue weighted by atomic mass is 14.9. The molecular formula is C48H30N2. The van der Waals surface area contributed by atoms with Crippen LogP contribution in [0.25, 0.3) is 100.0 Å². The fourth-order valence-electron chi connectivity index (χ4n) is 7.54. The molecule has 232 valence electrons. The van der Waals surface area contributed by atoms with Crippen molar-refractivity contribution in [1.82, 2.24) is 9.97 Å². The lowest BCUT2D eigenvalue weighted by molar-refractivity contribution is 1.18. The van der Waals surface area contributed by atoms with E-state index in [9.17, 15) is 0 Å². The van der Waals surface area contributed by atoms with Gasteiger partial charge in [-0.3, -0.25) is 0 Å². The van der Waals surface area contributed by atoms with E-state index in [1.165, 1.54) is 66.1 Å². The molecule has 0 unspecified atom stereocenters. The first-order valence-electron chi connectivity index (χ1n) is 17.1. The molecule has 9 aromatic rings. The van der Waals surface area contributed by atoms with Gasteiger partial charge >= 0.3 is 0 Å². The number of hydrogen-bond acceptors (Lipinski definition) is 2. The fourth-order valence-corrected chi connectivity index (χ4v) is 7.54. The standard InChI is InChI=1S/C48H30N2/c1-2-10-36(11-3-1)48-49-45(30-46(50-48)38-26-21-31-9-4-5-12-37(31)29-38)35-24-19-33(20-25-35)32-17-22-34(23-18-32)39-27-28-44-41-14-7-6-13-40(41)43-16-8-15-42(39)47(43)44/h1-30H. The number of nitrogens with zero attached hydrogens (tertiary/aromatic N) is 2. The van der Waals surface area contributed by atoms with Gasteiger partial charge in [0.15, 0.2) is 5.82 Å². The molecule has 0 amide bonds. The molecule has 0 fully saturated rings. The Hall–Kier alpha value is -6.64. The minimum Gasteiger partial charge on any atom is -0.228 e. The molecule has 1 heterocycles. The summed E-state index contributed by atoms with van der Waals surface area (Å²) < 4.78 is 0. The van der Waals surface area contributed by atoms with Gasteiger partial charge in [-0.05, 0) is 78.2 Å². The molecule has 8 aromatic carbocycles. The lowest BCUT2D eigenvalue weighted by atomic mass is 9.93. The summed E-state index contributed by atoms with van der Waals surface area (Å²) in [5.41, 5.74) is 15.1. The van der Waals surface area contributed by atoms with Gasteiger partial charge < -0.3 is 0 Å². The molecule has 10 rings (SSSR count). The van der Waals surface area contributed by atoms with Crippen molar-refractivity contribution < 1.29 is 0 Å². The zero-order valence-electron chi connectivity index (χ0n) is 27.2. The molecule has 0 spiro atoms. The van der Waals surface area contributed by atoms with Crippen LogP contribution in [-0.4, -0.2) is 9.97 Å². The van der Waals surface area contributed by atoms with Crippen LogP contribution in [0.5, 0.6) is 0 Å². The molecule has 2 heteroatoms. The van der Waals surface area contributed by atoms with Gasteiger partial charge in [-0.1, -0.05) is 170 Å². The van der Waals surface area contributed by atoms with E-state index in [-0.39, 0.29) is 0 Å². The largest absolute Gasteiger partial charge is 0.228 e. The molecule has 0 atom stereocenters. The van der Waals surface area contributed by atoms with E-state index in [0.717, 1.165) is 33.9 Å². The summed E-state index contributed by atoms with van der Waals surface area (Å²) in [5, 5.41) is 5.07. The second kappa shape index (κ2) is 11.5. The van der Waals surface area contributed by atoms with E-state index in [1.54, 1.807) is 0 Å². The summed E-state index contributed by atoms with van der Waals surface area (Å²) in [5.74, 6) is 0.720. The molecule has 0 saturated heterocycles. The summed E-state index contributed by atoms with van der Waals surface area (Å²) in [6.07, 6.45) is 0. The minimum atomic E-state index is 0.720. The van der Waals surface area contributed by atoms with Crippen LogP contribution in [0.15, 0.2) is 182 Å². The van der Waals surface area contributed by atoms with E-state index < -0.39 is 0 Å². The number of fused-ring (bicyclic) bond motifs is 4. The molecule has 1 aliphatic carbocycles. The van der Waals surface area contributed by atoms with E-state index in [2.05, 4.69) is 164 Å². The van der Waals surface area contributed by atoms with Crippen LogP contribution in [0.3, 0.4) is 0 Å². The normalized spacial score (nSPS) is 11.6. The molecule has 0 radical (unpaired) electrons. The second-order valence-corrected chi connectivity index (χ2v) is 13.0. The number of rotatable bonds is 5. The first kappa shape index (κ1) is 28.4. The highest BCUT2D eigenvalue weighted by Gasteiger charge is 2.22. The Kier molecular flexibility index (Phi) is 6.53. The third-order valence-electron chi connectivity index (χ3n) is 10.1. The Balaban J connectivity index is 0.989. The molecule has 0 aliphatic heterocycles. The van der Waals surface area contributed by atoms with Gasteiger partial charge in [0.25, 0.3) is 0 Å². The van der Waals surface area contributed by atoms with Crippen LogP contribution in [-0.2, 0) is 0 Å². The van der Waals surface area contributed by atoms with E-state index >= 15 is 0 Å². The molecule has 0 bridgehead atoms. The van der Waals surface area contributed by atoms with E-state index in [0.29, 0.717) is 0 Å². The molecule has 0 N–H and O–H groups in total. The van der Waals surface area contributed by atoms with Crippen molar-refractivity contribution in [2.75, 3.05) is 0 Å². The van der Waals surface area contributed by atoms with Crippen molar-refractivity contribution in [3.63, 3.8) is 0 Å². The SMILES string of the molecule is c1ccc(-c2nc(-c3ccc(-c4ccc(-c5ccc6c7c(cccc57)-c5ccccc5-6)cc4)cc3)cc(-c3ccc4ccccc4c3)n2)cc1. The van der Waals surface area contributed by atoms with Gasteiger partial charge in [0.2, 0.25) is 0 Å². The molecule has 0 saturated carbocycles. The lowest BCUT2D eigenvalue weighted by Crippen LogP contribution is -1.96. The predicted molar refractivity (Wildman–Crippen MR) is 209 cm³/mol. The summed E-state index contributed by atoms with van der Waals surface area (Å²) in [6.45, 7) is 0. The van der Waals surface area contributed by atoms with Gasteiger partial charge in [0.1, 0.15) is 0 Å². The summed E-state index contributed by atoms with van der Waals surface area (Å²) in [4.78, 5) is 10.1. The number of aromatic nitrogens is 2. The summed E-state index contributed by atoms with van der Waals surface area (Å²) >= 11 is 0. The van der Waals surface area contributed by atoms with Crippen molar-refractivity contribution >= 4 is 21.5 Å². The maximum atomic E-state index is 5.05. The lowest BCUT2D eigenvalue weighted by Gasteiger charge is -2.12. The Morgan fingerprint density at radius 3 is 1.56 bits per heavy atom. The summed E-state index contributed by atoms with van der Waals surface area (Å²) in [7, 11) is 0. The smallest absolute Gasteiger partial charge is 0.160 e. The first-order chi connectivity index (χ1) is 24.8. The van der Waals surface area contributed by atoms with Crippen molar-refractivity contribution in [3.8, 4) is 78.4 Å². The zero-order valence-corrected chi connectivity index (χ0v) is 27.2. The highest BCUT2D eigenvalue weighted by Crippen LogP contribution is 2.49. The predicted octanol–water partition coefficient (Wildman–Crippen LogP) is 12.8. The second-order valence-electron chi connectivity index (χ2n) is 13.0. The maximum absolute atomic E-state index is 5.05. The summed E-state index contributed by atoms with van der Waals surface area (Å²) in [6, 6.07) is 65.0. The fraction of sp³-hybridized carbons (Fsp3) is 0. The quantitative estimate of drug-likeness (QED) is 0.188. The third-order valence-corrected chi connectivity index (χ3v) is 10.1. The van der Waals surface area contributed by atoms with Crippen molar-refractivity contribution in [3.05, 3.63) is 182 Å². The average Bonchev–Trinajstić information content (AvgIpc) is 3.53. The Bertz CT molecular complexity index is 2700. The van der Waals surface area contributed by atoms with Crippen molar-refractivity contribution in [1.29, 1.82) is 0 Å². The van der Waals surface area contributed by atoms with Crippen LogP contribution in [0.2, 0.25) is 0 Å². The van der Waals surface area contributed by atoms with Crippen LogP contribution in [0, 0.1) is 0 Å². The van der Waals surface area contributed by atoms with Gasteiger partial charge in [0.05, 0.1) is 11.4 Å². The van der Waals surface area contributed by atoms with Crippen molar-refractivity contribution in [2.24, 2.45) is 0 Å². The van der Waals surface area contributed by atoms with Gasteiger partial charge in [-0.15, -0.1) is 0 Å². The third kappa shape index (κ3) is 4.73. The molecule has 1 aliphatic rings. The Morgan fingerprint density at radius 1 is 0.280 bits per heavy atom. The molecule has 50 heavy (non-hydrogen) atoms. The number of hydrogen-bond donors (Lipinski definition) is 0. The van der Waals surface area contributed by atoms with Crippen molar-refractivity contribution in [2.45, 2.75) is 0 Å². The minimum absolute atomic E-state index is 0.720. The topological polar surface area (TPSA) is 25.8 Å². The highest BCUT2D eigenvalue weighted by molar-refractivity contribution is 6.18. The van der Waals surface area contributed by atoms with E-state index in [4.69, 9.17) is 9.97 Å². The molecular weight excluding hydrogens is 605 g/mol. The monoisotopic (exact) mass is 634 g/mol. The Labute approximate surface area is 291 Å². The first-order valence-corrected chi connectivity index (χ1v) is 17.1.